The van der Waals surface area contributed by atoms with Crippen LogP contribution in [0, 0.1) is 0 Å². The Kier molecular flexibility index (Phi) is 4.41. The van der Waals surface area contributed by atoms with Crippen molar-refractivity contribution >= 4 is 28.8 Å². The molecular formula is C25H22N6O3. The first-order valence-corrected chi connectivity index (χ1v) is 11.1. The Morgan fingerprint density at radius 1 is 0.941 bits per heavy atom. The summed E-state index contributed by atoms with van der Waals surface area (Å²) < 4.78 is 3.97. The zero-order chi connectivity index (χ0) is 23.6. The number of amides is 3. The van der Waals surface area contributed by atoms with Crippen LogP contribution in [-0.2, 0) is 30.2 Å². The highest BCUT2D eigenvalue weighted by molar-refractivity contribution is 6.05. The predicted molar refractivity (Wildman–Crippen MR) is 124 cm³/mol. The summed E-state index contributed by atoms with van der Waals surface area (Å²) in [7, 11) is 3.93. The Morgan fingerprint density at radius 3 is 2.56 bits per heavy atom. The number of carbonyl (C=O) groups is 3. The zero-order valence-corrected chi connectivity index (χ0v) is 18.8. The highest BCUT2D eigenvalue weighted by atomic mass is 16.2. The standard InChI is InChI=1S/C25H22N6O3/c1-29-12-26-18-6-4-15(10-20(18)29)23-22(27-13-30(23)2)14-3-5-17-16(9-14)11-31(25(17)34)19-7-8-21(32)28-24(19)33/h3-6,9-10,12-13,19H,7-8,11H2,1-2H3,(H,28,32,33). The van der Waals surface area contributed by atoms with Gasteiger partial charge in [-0.05, 0) is 36.2 Å². The van der Waals surface area contributed by atoms with Gasteiger partial charge in [0.25, 0.3) is 5.91 Å². The molecule has 1 N–H and O–H groups in total. The van der Waals surface area contributed by atoms with Gasteiger partial charge in [-0.15, -0.1) is 0 Å². The lowest BCUT2D eigenvalue weighted by atomic mass is 10.0. The van der Waals surface area contributed by atoms with Crippen molar-refractivity contribution in [2.75, 3.05) is 0 Å². The minimum absolute atomic E-state index is 0.182. The summed E-state index contributed by atoms with van der Waals surface area (Å²) in [5.74, 6) is -0.881. The molecule has 2 aliphatic rings. The number of nitrogens with zero attached hydrogens (tertiary/aromatic N) is 5. The highest BCUT2D eigenvalue weighted by Crippen LogP contribution is 2.35. The van der Waals surface area contributed by atoms with E-state index in [0.717, 1.165) is 39.1 Å². The summed E-state index contributed by atoms with van der Waals surface area (Å²) in [5.41, 5.74) is 7.11. The van der Waals surface area contributed by atoms with Crippen LogP contribution in [0.3, 0.4) is 0 Å². The minimum atomic E-state index is -0.628. The maximum Gasteiger partial charge on any atom is 0.255 e. The van der Waals surface area contributed by atoms with E-state index >= 15 is 0 Å². The molecule has 2 aliphatic heterocycles. The van der Waals surface area contributed by atoms with E-state index in [4.69, 9.17) is 0 Å². The van der Waals surface area contributed by atoms with Gasteiger partial charge in [-0.2, -0.15) is 0 Å². The number of rotatable bonds is 3. The van der Waals surface area contributed by atoms with Crippen molar-refractivity contribution < 1.29 is 14.4 Å². The number of imidazole rings is 2. The third kappa shape index (κ3) is 3.04. The molecule has 0 spiro atoms. The van der Waals surface area contributed by atoms with E-state index in [-0.39, 0.29) is 18.2 Å². The maximum atomic E-state index is 13.0. The van der Waals surface area contributed by atoms with Crippen molar-refractivity contribution in [3.63, 3.8) is 0 Å². The zero-order valence-electron chi connectivity index (χ0n) is 18.8. The highest BCUT2D eigenvalue weighted by Gasteiger charge is 2.39. The molecule has 9 nitrogen and oxygen atoms in total. The van der Waals surface area contributed by atoms with Gasteiger partial charge >= 0.3 is 0 Å². The van der Waals surface area contributed by atoms with Crippen LogP contribution in [0.2, 0.25) is 0 Å². The van der Waals surface area contributed by atoms with E-state index in [2.05, 4.69) is 21.4 Å². The Bertz CT molecular complexity index is 1510. The number of hydrogen-bond donors (Lipinski definition) is 1. The van der Waals surface area contributed by atoms with Gasteiger partial charge in [-0.3, -0.25) is 19.7 Å². The molecule has 0 aliphatic carbocycles. The van der Waals surface area contributed by atoms with Crippen LogP contribution in [0.15, 0.2) is 49.1 Å². The van der Waals surface area contributed by atoms with Crippen LogP contribution in [0.4, 0.5) is 0 Å². The van der Waals surface area contributed by atoms with Gasteiger partial charge in [0.05, 0.1) is 35.1 Å². The quantitative estimate of drug-likeness (QED) is 0.479. The number of fused-ring (bicyclic) bond motifs is 2. The average molecular weight is 454 g/mol. The van der Waals surface area contributed by atoms with Crippen LogP contribution in [0.5, 0.6) is 0 Å². The number of aryl methyl sites for hydroxylation is 2. The van der Waals surface area contributed by atoms with Gasteiger partial charge in [0.2, 0.25) is 11.8 Å². The van der Waals surface area contributed by atoms with Gasteiger partial charge in [0.1, 0.15) is 6.04 Å². The summed E-state index contributed by atoms with van der Waals surface area (Å²) in [4.78, 5) is 47.5. The molecule has 1 saturated heterocycles. The van der Waals surface area contributed by atoms with E-state index in [1.165, 1.54) is 0 Å². The number of aromatic nitrogens is 4. The molecule has 4 aromatic rings. The van der Waals surface area contributed by atoms with Crippen molar-refractivity contribution in [1.29, 1.82) is 0 Å². The van der Waals surface area contributed by atoms with Crippen LogP contribution in [0.25, 0.3) is 33.5 Å². The Hall–Kier alpha value is -4.27. The smallest absolute Gasteiger partial charge is 0.255 e. The Morgan fingerprint density at radius 2 is 1.74 bits per heavy atom. The molecule has 6 rings (SSSR count). The molecule has 1 atom stereocenters. The van der Waals surface area contributed by atoms with Gasteiger partial charge in [-0.1, -0.05) is 12.1 Å². The van der Waals surface area contributed by atoms with Crippen molar-refractivity contribution in [2.45, 2.75) is 25.4 Å². The Balaban J connectivity index is 1.37. The summed E-state index contributed by atoms with van der Waals surface area (Å²) in [6.07, 6.45) is 4.16. The number of carbonyl (C=O) groups excluding carboxylic acids is 3. The van der Waals surface area contributed by atoms with E-state index in [9.17, 15) is 14.4 Å². The molecule has 1 unspecified atom stereocenters. The lowest BCUT2D eigenvalue weighted by Crippen LogP contribution is -2.52. The predicted octanol–water partition coefficient (Wildman–Crippen LogP) is 2.40. The fourth-order valence-corrected chi connectivity index (χ4v) is 4.98. The fourth-order valence-electron chi connectivity index (χ4n) is 4.98. The molecule has 0 bridgehead atoms. The van der Waals surface area contributed by atoms with Gasteiger partial charge < -0.3 is 14.0 Å². The molecule has 2 aromatic heterocycles. The van der Waals surface area contributed by atoms with Crippen molar-refractivity contribution in [3.05, 3.63) is 60.2 Å². The summed E-state index contributed by atoms with van der Waals surface area (Å²) in [6.45, 7) is 0.331. The fraction of sp³-hybridized carbons (Fsp3) is 0.240. The third-order valence-electron chi connectivity index (χ3n) is 6.73. The summed E-state index contributed by atoms with van der Waals surface area (Å²) in [5, 5.41) is 2.34. The van der Waals surface area contributed by atoms with Crippen molar-refractivity contribution in [2.24, 2.45) is 14.1 Å². The molecule has 9 heteroatoms. The second-order valence-corrected chi connectivity index (χ2v) is 8.88. The second kappa shape index (κ2) is 7.38. The average Bonchev–Trinajstić information content (AvgIpc) is 3.49. The molecule has 170 valence electrons. The number of imide groups is 1. The SMILES string of the molecule is Cn1cnc(-c2ccc3c(c2)CN(C2CCC(=O)NC2=O)C3=O)c1-c1ccc2ncn(C)c2c1. The number of benzene rings is 2. The van der Waals surface area contributed by atoms with E-state index in [0.29, 0.717) is 18.5 Å². The lowest BCUT2D eigenvalue weighted by molar-refractivity contribution is -0.136. The van der Waals surface area contributed by atoms with E-state index < -0.39 is 11.9 Å². The van der Waals surface area contributed by atoms with Crippen LogP contribution >= 0.6 is 0 Å². The van der Waals surface area contributed by atoms with Crippen LogP contribution < -0.4 is 5.32 Å². The van der Waals surface area contributed by atoms with Crippen molar-refractivity contribution in [1.82, 2.24) is 29.3 Å². The first-order chi connectivity index (χ1) is 16.4. The number of nitrogens with one attached hydrogen (secondary N) is 1. The second-order valence-electron chi connectivity index (χ2n) is 8.88. The van der Waals surface area contributed by atoms with Crippen molar-refractivity contribution in [3.8, 4) is 22.5 Å². The first kappa shape index (κ1) is 20.3. The van der Waals surface area contributed by atoms with Gasteiger partial charge in [-0.25, -0.2) is 9.97 Å². The van der Waals surface area contributed by atoms with Gasteiger partial charge in [0.15, 0.2) is 0 Å². The molecule has 0 radical (unpaired) electrons. The summed E-state index contributed by atoms with van der Waals surface area (Å²) >= 11 is 0. The summed E-state index contributed by atoms with van der Waals surface area (Å²) in [6, 6.07) is 11.2. The Labute approximate surface area is 195 Å². The molecule has 3 amide bonds. The number of hydrogen-bond acceptors (Lipinski definition) is 5. The maximum absolute atomic E-state index is 13.0. The monoisotopic (exact) mass is 454 g/mol. The first-order valence-electron chi connectivity index (χ1n) is 11.1. The molecule has 2 aromatic carbocycles. The molecule has 4 heterocycles. The topological polar surface area (TPSA) is 102 Å². The van der Waals surface area contributed by atoms with Crippen LogP contribution in [0.1, 0.15) is 28.8 Å². The largest absolute Gasteiger partial charge is 0.334 e. The van der Waals surface area contributed by atoms with Gasteiger partial charge in [0, 0.05) is 43.8 Å². The van der Waals surface area contributed by atoms with E-state index in [1.54, 1.807) is 17.6 Å². The third-order valence-corrected chi connectivity index (χ3v) is 6.73. The van der Waals surface area contributed by atoms with Crippen LogP contribution in [-0.4, -0.2) is 47.8 Å². The minimum Gasteiger partial charge on any atom is -0.334 e. The molecule has 0 saturated carbocycles. The number of piperidine rings is 1. The molecule has 34 heavy (non-hydrogen) atoms. The normalized spacial score (nSPS) is 18.0. The lowest BCUT2D eigenvalue weighted by Gasteiger charge is -2.29. The van der Waals surface area contributed by atoms with E-state index in [1.807, 2.05) is 53.6 Å². The molecular weight excluding hydrogens is 432 g/mol. The molecule has 1 fully saturated rings.